The molecule has 0 radical (unpaired) electrons. The third-order valence-corrected chi connectivity index (χ3v) is 3.35. The highest BCUT2D eigenvalue weighted by molar-refractivity contribution is 7.98. The van der Waals surface area contributed by atoms with Crippen LogP contribution in [0.1, 0.15) is 11.7 Å². The fraction of sp³-hybridized carbons (Fsp3) is 0.500. The minimum atomic E-state index is 0.0281. The molecule has 0 heterocycles. The maximum absolute atomic E-state index is 5.51. The number of ether oxygens (including phenoxy) is 1. The number of guanidine groups is 1. The second-order valence-corrected chi connectivity index (χ2v) is 4.99. The highest BCUT2D eigenvalue weighted by Gasteiger charge is 2.10. The van der Waals surface area contributed by atoms with Crippen molar-refractivity contribution in [2.24, 2.45) is 4.99 Å². The molecule has 19 heavy (non-hydrogen) atoms. The number of nitrogens with one attached hydrogen (secondary N) is 2. The molecule has 0 aliphatic rings. The summed E-state index contributed by atoms with van der Waals surface area (Å²) in [6.45, 7) is 1.60. The minimum absolute atomic E-state index is 0.0281. The summed E-state index contributed by atoms with van der Waals surface area (Å²) < 4.78 is 5.51. The fourth-order valence-corrected chi connectivity index (χ4v) is 1.99. The Kier molecular flexibility index (Phi) is 8.09. The van der Waals surface area contributed by atoms with Crippen molar-refractivity contribution >= 4 is 17.7 Å². The molecule has 0 fully saturated rings. The van der Waals surface area contributed by atoms with Crippen LogP contribution in [0.25, 0.3) is 0 Å². The van der Waals surface area contributed by atoms with Gasteiger partial charge in [0.2, 0.25) is 0 Å². The van der Waals surface area contributed by atoms with Crippen molar-refractivity contribution < 1.29 is 4.74 Å². The van der Waals surface area contributed by atoms with E-state index in [0.29, 0.717) is 6.54 Å². The molecule has 4 nitrogen and oxygen atoms in total. The Bertz CT molecular complexity index is 370. The van der Waals surface area contributed by atoms with Crippen molar-refractivity contribution in [1.82, 2.24) is 10.6 Å². The quantitative estimate of drug-likeness (QED) is 0.455. The van der Waals surface area contributed by atoms with Gasteiger partial charge < -0.3 is 15.4 Å². The summed E-state index contributed by atoms with van der Waals surface area (Å²) in [6.07, 6.45) is 2.12. The average molecular weight is 281 g/mol. The largest absolute Gasteiger partial charge is 0.375 e. The first-order valence-electron chi connectivity index (χ1n) is 6.33. The first-order chi connectivity index (χ1) is 9.31. The SMILES string of the molecule is CN=C(NCCSC)NCC(OC)c1ccccc1. The Labute approximate surface area is 120 Å². The number of rotatable bonds is 7. The zero-order valence-electron chi connectivity index (χ0n) is 11.8. The molecule has 1 rings (SSSR count). The van der Waals surface area contributed by atoms with Crippen LogP contribution in [-0.2, 0) is 4.74 Å². The number of hydrogen-bond donors (Lipinski definition) is 2. The van der Waals surface area contributed by atoms with Crippen LogP contribution in [0, 0.1) is 0 Å². The van der Waals surface area contributed by atoms with Crippen molar-refractivity contribution in [3.05, 3.63) is 35.9 Å². The van der Waals surface area contributed by atoms with Crippen molar-refractivity contribution in [3.8, 4) is 0 Å². The molecule has 1 atom stereocenters. The van der Waals surface area contributed by atoms with Gasteiger partial charge in [-0.25, -0.2) is 0 Å². The molecule has 0 bridgehead atoms. The van der Waals surface area contributed by atoms with Crippen LogP contribution in [0.2, 0.25) is 0 Å². The molecule has 0 saturated heterocycles. The summed E-state index contributed by atoms with van der Waals surface area (Å²) in [5, 5.41) is 6.55. The normalized spacial score (nSPS) is 13.1. The van der Waals surface area contributed by atoms with Gasteiger partial charge in [-0.05, 0) is 11.8 Å². The molecule has 5 heteroatoms. The Morgan fingerprint density at radius 1 is 1.32 bits per heavy atom. The molecule has 0 spiro atoms. The summed E-state index contributed by atoms with van der Waals surface area (Å²) in [5.74, 6) is 1.87. The summed E-state index contributed by atoms with van der Waals surface area (Å²) in [4.78, 5) is 4.19. The van der Waals surface area contributed by atoms with Gasteiger partial charge in [0.15, 0.2) is 5.96 Å². The van der Waals surface area contributed by atoms with E-state index in [1.165, 1.54) is 0 Å². The van der Waals surface area contributed by atoms with E-state index < -0.39 is 0 Å². The zero-order valence-corrected chi connectivity index (χ0v) is 12.7. The molecule has 1 aromatic rings. The van der Waals surface area contributed by atoms with Crippen LogP contribution in [0.15, 0.2) is 35.3 Å². The van der Waals surface area contributed by atoms with Crippen molar-refractivity contribution in [2.45, 2.75) is 6.10 Å². The van der Waals surface area contributed by atoms with Gasteiger partial charge in [0.1, 0.15) is 0 Å². The van der Waals surface area contributed by atoms with Crippen LogP contribution < -0.4 is 10.6 Å². The summed E-state index contributed by atoms with van der Waals surface area (Å²) in [5.41, 5.74) is 1.16. The van der Waals surface area contributed by atoms with Crippen molar-refractivity contribution in [1.29, 1.82) is 0 Å². The maximum atomic E-state index is 5.51. The second kappa shape index (κ2) is 9.69. The third kappa shape index (κ3) is 5.98. The number of hydrogen-bond acceptors (Lipinski definition) is 3. The molecule has 0 amide bonds. The molecular weight excluding hydrogens is 258 g/mol. The minimum Gasteiger partial charge on any atom is -0.375 e. The van der Waals surface area contributed by atoms with Crippen LogP contribution in [0.3, 0.4) is 0 Å². The first-order valence-corrected chi connectivity index (χ1v) is 7.72. The van der Waals surface area contributed by atoms with Crippen molar-refractivity contribution in [2.75, 3.05) is 39.3 Å². The van der Waals surface area contributed by atoms with Crippen molar-refractivity contribution in [3.63, 3.8) is 0 Å². The topological polar surface area (TPSA) is 45.7 Å². The van der Waals surface area contributed by atoms with Gasteiger partial charge in [-0.2, -0.15) is 11.8 Å². The van der Waals surface area contributed by atoms with Gasteiger partial charge >= 0.3 is 0 Å². The second-order valence-electron chi connectivity index (χ2n) is 4.01. The predicted octanol–water partition coefficient (Wildman–Crippen LogP) is 1.90. The van der Waals surface area contributed by atoms with Gasteiger partial charge in [0, 0.05) is 33.0 Å². The molecule has 0 aromatic heterocycles. The number of benzene rings is 1. The lowest BCUT2D eigenvalue weighted by atomic mass is 10.1. The van der Waals surface area contributed by atoms with Gasteiger partial charge in [0.05, 0.1) is 6.10 Å². The van der Waals surface area contributed by atoms with Gasteiger partial charge in [-0.1, -0.05) is 30.3 Å². The summed E-state index contributed by atoms with van der Waals surface area (Å²) >= 11 is 1.81. The van der Waals surface area contributed by atoms with Crippen LogP contribution >= 0.6 is 11.8 Å². The van der Waals surface area contributed by atoms with E-state index in [-0.39, 0.29) is 6.10 Å². The Morgan fingerprint density at radius 2 is 2.05 bits per heavy atom. The third-order valence-electron chi connectivity index (χ3n) is 2.73. The molecule has 0 aliphatic carbocycles. The van der Waals surface area contributed by atoms with Gasteiger partial charge in [-0.15, -0.1) is 0 Å². The molecule has 106 valence electrons. The molecule has 1 unspecified atom stereocenters. The van der Waals surface area contributed by atoms with E-state index in [9.17, 15) is 0 Å². The van der Waals surface area contributed by atoms with Crippen LogP contribution in [-0.4, -0.2) is 45.2 Å². The average Bonchev–Trinajstić information content (AvgIpc) is 2.47. The van der Waals surface area contributed by atoms with E-state index in [1.807, 2.05) is 30.0 Å². The number of methoxy groups -OCH3 is 1. The molecule has 1 aromatic carbocycles. The molecule has 0 saturated carbocycles. The van der Waals surface area contributed by atoms with E-state index in [4.69, 9.17) is 4.74 Å². The van der Waals surface area contributed by atoms with E-state index in [0.717, 1.165) is 23.8 Å². The Hall–Kier alpha value is -1.20. The zero-order chi connectivity index (χ0) is 13.9. The molecular formula is C14H23N3OS. The lowest BCUT2D eigenvalue weighted by Crippen LogP contribution is -2.40. The number of aliphatic imine (C=N–C) groups is 1. The highest BCUT2D eigenvalue weighted by atomic mass is 32.2. The van der Waals surface area contributed by atoms with E-state index in [2.05, 4.69) is 34.0 Å². The maximum Gasteiger partial charge on any atom is 0.191 e. The standard InChI is InChI=1S/C14H23N3OS/c1-15-14(16-9-10-19-3)17-11-13(18-2)12-7-5-4-6-8-12/h4-8,13H,9-11H2,1-3H3,(H2,15,16,17). The van der Waals surface area contributed by atoms with Crippen LogP contribution in [0.4, 0.5) is 0 Å². The Balaban J connectivity index is 2.44. The summed E-state index contributed by atoms with van der Waals surface area (Å²) in [6, 6.07) is 10.2. The van der Waals surface area contributed by atoms with Gasteiger partial charge in [0.25, 0.3) is 0 Å². The molecule has 2 N–H and O–H groups in total. The fourth-order valence-electron chi connectivity index (χ4n) is 1.69. The Morgan fingerprint density at radius 3 is 2.63 bits per heavy atom. The lowest BCUT2D eigenvalue weighted by Gasteiger charge is -2.18. The monoisotopic (exact) mass is 281 g/mol. The lowest BCUT2D eigenvalue weighted by molar-refractivity contribution is 0.106. The number of thioether (sulfide) groups is 1. The highest BCUT2D eigenvalue weighted by Crippen LogP contribution is 2.14. The summed E-state index contributed by atoms with van der Waals surface area (Å²) in [7, 11) is 3.50. The first kappa shape index (κ1) is 15.9. The van der Waals surface area contributed by atoms with E-state index in [1.54, 1.807) is 14.2 Å². The van der Waals surface area contributed by atoms with E-state index >= 15 is 0 Å². The van der Waals surface area contributed by atoms with Gasteiger partial charge in [-0.3, -0.25) is 4.99 Å². The van der Waals surface area contributed by atoms with Crippen LogP contribution in [0.5, 0.6) is 0 Å². The molecule has 0 aliphatic heterocycles. The smallest absolute Gasteiger partial charge is 0.191 e. The number of nitrogens with zero attached hydrogens (tertiary/aromatic N) is 1. The predicted molar refractivity (Wildman–Crippen MR) is 83.9 cm³/mol.